The molecule has 0 N–H and O–H groups in total. The zero-order valence-corrected chi connectivity index (χ0v) is 11.8. The third-order valence-corrected chi connectivity index (χ3v) is 3.48. The molecule has 1 aliphatic carbocycles. The highest BCUT2D eigenvalue weighted by atomic mass is 16.5. The molecule has 4 heteroatoms. The molecule has 106 valence electrons. The molecule has 0 atom stereocenters. The summed E-state index contributed by atoms with van der Waals surface area (Å²) in [5.74, 6) is 0.417. The molecule has 18 heavy (non-hydrogen) atoms. The molecular weight excluding hydrogens is 230 g/mol. The summed E-state index contributed by atoms with van der Waals surface area (Å²) < 4.78 is 10.9. The van der Waals surface area contributed by atoms with Gasteiger partial charge >= 0.3 is 0 Å². The number of ketones is 1. The van der Waals surface area contributed by atoms with E-state index in [2.05, 4.69) is 4.90 Å². The summed E-state index contributed by atoms with van der Waals surface area (Å²) in [5.41, 5.74) is 0. The predicted molar refractivity (Wildman–Crippen MR) is 71.8 cm³/mol. The van der Waals surface area contributed by atoms with Gasteiger partial charge in [0.15, 0.2) is 0 Å². The second-order valence-electron chi connectivity index (χ2n) is 4.70. The van der Waals surface area contributed by atoms with E-state index in [0.717, 1.165) is 65.2 Å². The van der Waals surface area contributed by atoms with Crippen LogP contribution in [0.3, 0.4) is 0 Å². The van der Waals surface area contributed by atoms with Gasteiger partial charge in [-0.1, -0.05) is 0 Å². The molecule has 0 bridgehead atoms. The van der Waals surface area contributed by atoms with Gasteiger partial charge in [0.1, 0.15) is 5.78 Å². The topological polar surface area (TPSA) is 38.8 Å². The van der Waals surface area contributed by atoms with E-state index in [1.165, 1.54) is 0 Å². The maximum atomic E-state index is 11.3. The van der Waals surface area contributed by atoms with Gasteiger partial charge in [0, 0.05) is 45.2 Å². The lowest BCUT2D eigenvalue weighted by Crippen LogP contribution is -2.42. The van der Waals surface area contributed by atoms with Crippen LogP contribution in [-0.4, -0.2) is 56.2 Å². The summed E-state index contributed by atoms with van der Waals surface area (Å²) in [7, 11) is 0. The molecule has 1 rings (SSSR count). The first kappa shape index (κ1) is 15.6. The lowest BCUT2D eigenvalue weighted by molar-refractivity contribution is -0.121. The number of nitrogens with zero attached hydrogens (tertiary/aromatic N) is 1. The molecule has 0 heterocycles. The fourth-order valence-corrected chi connectivity index (χ4v) is 2.42. The lowest BCUT2D eigenvalue weighted by Gasteiger charge is -2.33. The molecule has 0 spiro atoms. The monoisotopic (exact) mass is 257 g/mol. The third kappa shape index (κ3) is 5.94. The van der Waals surface area contributed by atoms with Crippen molar-refractivity contribution >= 4 is 5.78 Å². The Labute approximate surface area is 111 Å². The summed E-state index contributed by atoms with van der Waals surface area (Å²) in [6, 6.07) is 0.531. The maximum Gasteiger partial charge on any atom is 0.133 e. The first-order valence-corrected chi connectivity index (χ1v) is 7.19. The van der Waals surface area contributed by atoms with E-state index in [9.17, 15) is 4.79 Å². The molecule has 1 fully saturated rings. The van der Waals surface area contributed by atoms with Crippen molar-refractivity contribution in [3.63, 3.8) is 0 Å². The van der Waals surface area contributed by atoms with Crippen molar-refractivity contribution in [2.45, 2.75) is 45.6 Å². The van der Waals surface area contributed by atoms with Crippen LogP contribution in [0.5, 0.6) is 0 Å². The molecule has 1 aliphatic rings. The van der Waals surface area contributed by atoms with Crippen molar-refractivity contribution < 1.29 is 14.3 Å². The minimum absolute atomic E-state index is 0.417. The van der Waals surface area contributed by atoms with Crippen LogP contribution >= 0.6 is 0 Å². The van der Waals surface area contributed by atoms with Crippen molar-refractivity contribution in [1.29, 1.82) is 0 Å². The van der Waals surface area contributed by atoms with Crippen LogP contribution in [0.1, 0.15) is 39.5 Å². The molecule has 0 unspecified atom stereocenters. The minimum Gasteiger partial charge on any atom is -0.380 e. The largest absolute Gasteiger partial charge is 0.380 e. The Morgan fingerprint density at radius 1 is 1.06 bits per heavy atom. The van der Waals surface area contributed by atoms with Crippen molar-refractivity contribution in [3.05, 3.63) is 0 Å². The molecule has 0 aliphatic heterocycles. The lowest BCUT2D eigenvalue weighted by atomic mass is 9.93. The van der Waals surface area contributed by atoms with E-state index in [1.54, 1.807) is 0 Å². The summed E-state index contributed by atoms with van der Waals surface area (Å²) in [6.45, 7) is 9.00. The van der Waals surface area contributed by atoms with Gasteiger partial charge in [-0.3, -0.25) is 9.69 Å². The number of rotatable bonds is 9. The molecular formula is C14H27NO3. The van der Waals surface area contributed by atoms with Crippen LogP contribution in [-0.2, 0) is 14.3 Å². The van der Waals surface area contributed by atoms with Crippen molar-refractivity contribution in [3.8, 4) is 0 Å². The van der Waals surface area contributed by atoms with Gasteiger partial charge < -0.3 is 9.47 Å². The predicted octanol–water partition coefficient (Wildman–Crippen LogP) is 1.87. The Hall–Kier alpha value is -0.450. The molecule has 4 nitrogen and oxygen atoms in total. The number of ether oxygens (including phenoxy) is 2. The van der Waals surface area contributed by atoms with Gasteiger partial charge in [-0.2, -0.15) is 0 Å². The second-order valence-corrected chi connectivity index (χ2v) is 4.70. The van der Waals surface area contributed by atoms with Gasteiger partial charge in [-0.05, 0) is 26.7 Å². The number of hydrogen-bond acceptors (Lipinski definition) is 4. The number of Topliss-reactive ketones (excluding diaryl/α,β-unsaturated/α-hetero) is 1. The van der Waals surface area contributed by atoms with Gasteiger partial charge in [-0.15, -0.1) is 0 Å². The van der Waals surface area contributed by atoms with Crippen molar-refractivity contribution in [2.75, 3.05) is 39.5 Å². The molecule has 0 radical (unpaired) electrons. The van der Waals surface area contributed by atoms with Gasteiger partial charge in [0.05, 0.1) is 13.2 Å². The van der Waals surface area contributed by atoms with Crippen LogP contribution in [0.2, 0.25) is 0 Å². The molecule has 0 aromatic rings. The van der Waals surface area contributed by atoms with Crippen molar-refractivity contribution in [2.24, 2.45) is 0 Å². The van der Waals surface area contributed by atoms with E-state index in [-0.39, 0.29) is 0 Å². The van der Waals surface area contributed by atoms with Crippen LogP contribution < -0.4 is 0 Å². The van der Waals surface area contributed by atoms with Gasteiger partial charge in [-0.25, -0.2) is 0 Å². The average Bonchev–Trinajstić information content (AvgIpc) is 2.38. The molecule has 0 saturated heterocycles. The molecule has 0 aromatic heterocycles. The zero-order valence-electron chi connectivity index (χ0n) is 11.8. The summed E-state index contributed by atoms with van der Waals surface area (Å²) >= 11 is 0. The normalized spacial score (nSPS) is 17.6. The zero-order chi connectivity index (χ0) is 13.2. The third-order valence-electron chi connectivity index (χ3n) is 3.48. The first-order chi connectivity index (χ1) is 8.77. The molecule has 1 saturated carbocycles. The standard InChI is InChI=1S/C14H27NO3/c1-3-17-11-9-15(10-12-18-4-2)13-5-7-14(16)8-6-13/h13H,3-12H2,1-2H3. The average molecular weight is 257 g/mol. The minimum atomic E-state index is 0.417. The van der Waals surface area contributed by atoms with E-state index in [1.807, 2.05) is 13.8 Å². The fourth-order valence-electron chi connectivity index (χ4n) is 2.42. The molecule has 0 amide bonds. The number of carbonyl (C=O) groups is 1. The van der Waals surface area contributed by atoms with Gasteiger partial charge in [0.25, 0.3) is 0 Å². The van der Waals surface area contributed by atoms with Crippen LogP contribution in [0, 0.1) is 0 Å². The van der Waals surface area contributed by atoms with Crippen LogP contribution in [0.4, 0.5) is 0 Å². The Kier molecular flexibility index (Phi) is 8.22. The quantitative estimate of drug-likeness (QED) is 0.591. The summed E-state index contributed by atoms with van der Waals surface area (Å²) in [6.07, 6.45) is 3.48. The highest BCUT2D eigenvalue weighted by molar-refractivity contribution is 5.79. The second kappa shape index (κ2) is 9.48. The smallest absolute Gasteiger partial charge is 0.133 e. The SMILES string of the molecule is CCOCCN(CCOCC)C1CCC(=O)CC1. The van der Waals surface area contributed by atoms with E-state index in [0.29, 0.717) is 11.8 Å². The molecule has 0 aromatic carbocycles. The Morgan fingerprint density at radius 3 is 2.00 bits per heavy atom. The highest BCUT2D eigenvalue weighted by Gasteiger charge is 2.23. The number of carbonyl (C=O) groups excluding carboxylic acids is 1. The van der Waals surface area contributed by atoms with Crippen molar-refractivity contribution in [1.82, 2.24) is 4.90 Å². The number of hydrogen-bond donors (Lipinski definition) is 0. The highest BCUT2D eigenvalue weighted by Crippen LogP contribution is 2.20. The van der Waals surface area contributed by atoms with Gasteiger partial charge in [0.2, 0.25) is 0 Å². The van der Waals surface area contributed by atoms with E-state index >= 15 is 0 Å². The Bertz CT molecular complexity index is 213. The fraction of sp³-hybridized carbons (Fsp3) is 0.929. The Morgan fingerprint density at radius 2 is 1.56 bits per heavy atom. The summed E-state index contributed by atoms with van der Waals surface area (Å²) in [4.78, 5) is 13.7. The first-order valence-electron chi connectivity index (χ1n) is 7.19. The maximum absolute atomic E-state index is 11.3. The van der Waals surface area contributed by atoms with Crippen LogP contribution in [0.25, 0.3) is 0 Å². The van der Waals surface area contributed by atoms with E-state index < -0.39 is 0 Å². The van der Waals surface area contributed by atoms with Crippen LogP contribution in [0.15, 0.2) is 0 Å². The summed E-state index contributed by atoms with van der Waals surface area (Å²) in [5, 5.41) is 0. The Balaban J connectivity index is 2.34. The van der Waals surface area contributed by atoms with E-state index in [4.69, 9.17) is 9.47 Å².